The maximum atomic E-state index is 6.08. The SMILES string of the molecule is CCOc1cc(C2(N)CC2)ccc1Cl. The van der Waals surface area contributed by atoms with Crippen molar-refractivity contribution in [2.24, 2.45) is 5.73 Å². The second-order valence-electron chi connectivity index (χ2n) is 3.73. The molecule has 0 amide bonds. The van der Waals surface area contributed by atoms with Crippen LogP contribution in [0.5, 0.6) is 5.75 Å². The molecule has 0 saturated heterocycles. The van der Waals surface area contributed by atoms with Gasteiger partial charge in [-0.3, -0.25) is 0 Å². The number of hydrogen-bond acceptors (Lipinski definition) is 2. The van der Waals surface area contributed by atoms with Crippen LogP contribution < -0.4 is 10.5 Å². The van der Waals surface area contributed by atoms with Crippen LogP contribution in [0.25, 0.3) is 0 Å². The van der Waals surface area contributed by atoms with Crippen molar-refractivity contribution in [1.82, 2.24) is 0 Å². The molecule has 0 atom stereocenters. The smallest absolute Gasteiger partial charge is 0.138 e. The molecular formula is C11H14ClNO. The Kier molecular flexibility index (Phi) is 2.41. The van der Waals surface area contributed by atoms with E-state index in [-0.39, 0.29) is 5.54 Å². The lowest BCUT2D eigenvalue weighted by Crippen LogP contribution is -2.18. The minimum atomic E-state index is -0.115. The molecule has 0 heterocycles. The van der Waals surface area contributed by atoms with Crippen molar-refractivity contribution in [2.45, 2.75) is 25.3 Å². The van der Waals surface area contributed by atoms with Crippen LogP contribution in [0.15, 0.2) is 18.2 Å². The van der Waals surface area contributed by atoms with Crippen molar-refractivity contribution in [2.75, 3.05) is 6.61 Å². The van der Waals surface area contributed by atoms with Crippen LogP contribution in [0.3, 0.4) is 0 Å². The van der Waals surface area contributed by atoms with Crippen LogP contribution in [-0.4, -0.2) is 6.61 Å². The Morgan fingerprint density at radius 3 is 2.79 bits per heavy atom. The summed E-state index contributed by atoms with van der Waals surface area (Å²) >= 11 is 5.98. The van der Waals surface area contributed by atoms with Gasteiger partial charge in [-0.25, -0.2) is 0 Å². The summed E-state index contributed by atoms with van der Waals surface area (Å²) in [5, 5.41) is 0.653. The molecule has 1 fully saturated rings. The average Bonchev–Trinajstić information content (AvgIpc) is 2.89. The Labute approximate surface area is 89.0 Å². The zero-order chi connectivity index (χ0) is 10.2. The largest absolute Gasteiger partial charge is 0.492 e. The van der Waals surface area contributed by atoms with Gasteiger partial charge in [0.25, 0.3) is 0 Å². The molecule has 0 bridgehead atoms. The lowest BCUT2D eigenvalue weighted by molar-refractivity contribution is 0.340. The third kappa shape index (κ3) is 1.72. The quantitative estimate of drug-likeness (QED) is 0.835. The topological polar surface area (TPSA) is 35.2 Å². The summed E-state index contributed by atoms with van der Waals surface area (Å²) in [4.78, 5) is 0. The van der Waals surface area contributed by atoms with Crippen LogP contribution in [-0.2, 0) is 5.54 Å². The highest BCUT2D eigenvalue weighted by Gasteiger charge is 2.40. The van der Waals surface area contributed by atoms with Gasteiger partial charge in [0.2, 0.25) is 0 Å². The minimum Gasteiger partial charge on any atom is -0.492 e. The van der Waals surface area contributed by atoms with E-state index in [9.17, 15) is 0 Å². The van der Waals surface area contributed by atoms with Gasteiger partial charge in [-0.05, 0) is 37.5 Å². The lowest BCUT2D eigenvalue weighted by Gasteiger charge is -2.12. The molecule has 0 aliphatic heterocycles. The summed E-state index contributed by atoms with van der Waals surface area (Å²) in [6.07, 6.45) is 2.11. The molecule has 0 spiro atoms. The fourth-order valence-electron chi connectivity index (χ4n) is 1.50. The zero-order valence-corrected chi connectivity index (χ0v) is 8.97. The monoisotopic (exact) mass is 211 g/mol. The average molecular weight is 212 g/mol. The Morgan fingerprint density at radius 1 is 1.50 bits per heavy atom. The van der Waals surface area contributed by atoms with E-state index in [2.05, 4.69) is 0 Å². The summed E-state index contributed by atoms with van der Waals surface area (Å²) in [6, 6.07) is 5.80. The highest BCUT2D eigenvalue weighted by molar-refractivity contribution is 6.32. The van der Waals surface area contributed by atoms with E-state index >= 15 is 0 Å². The van der Waals surface area contributed by atoms with Crippen molar-refractivity contribution >= 4 is 11.6 Å². The summed E-state index contributed by atoms with van der Waals surface area (Å²) in [5.41, 5.74) is 7.10. The van der Waals surface area contributed by atoms with E-state index in [1.54, 1.807) is 0 Å². The molecule has 14 heavy (non-hydrogen) atoms. The van der Waals surface area contributed by atoms with Gasteiger partial charge in [0, 0.05) is 5.54 Å². The van der Waals surface area contributed by atoms with Crippen molar-refractivity contribution in [3.8, 4) is 5.75 Å². The number of benzene rings is 1. The first kappa shape index (κ1) is 9.81. The predicted molar refractivity (Wildman–Crippen MR) is 57.7 cm³/mol. The van der Waals surface area contributed by atoms with E-state index in [0.29, 0.717) is 11.6 Å². The number of hydrogen-bond donors (Lipinski definition) is 1. The first-order valence-electron chi connectivity index (χ1n) is 4.87. The van der Waals surface area contributed by atoms with E-state index in [0.717, 1.165) is 24.2 Å². The molecule has 1 saturated carbocycles. The number of ether oxygens (including phenoxy) is 1. The van der Waals surface area contributed by atoms with Gasteiger partial charge in [-0.15, -0.1) is 0 Å². The third-order valence-electron chi connectivity index (χ3n) is 2.59. The van der Waals surface area contributed by atoms with Crippen LogP contribution in [0.2, 0.25) is 5.02 Å². The summed E-state index contributed by atoms with van der Waals surface area (Å²) < 4.78 is 5.41. The molecule has 76 valence electrons. The summed E-state index contributed by atoms with van der Waals surface area (Å²) in [6.45, 7) is 2.57. The van der Waals surface area contributed by atoms with Gasteiger partial charge < -0.3 is 10.5 Å². The van der Waals surface area contributed by atoms with Crippen molar-refractivity contribution < 1.29 is 4.74 Å². The normalized spacial score (nSPS) is 17.9. The fourth-order valence-corrected chi connectivity index (χ4v) is 1.67. The highest BCUT2D eigenvalue weighted by Crippen LogP contribution is 2.44. The van der Waals surface area contributed by atoms with Crippen LogP contribution in [0.1, 0.15) is 25.3 Å². The molecule has 0 aromatic heterocycles. The van der Waals surface area contributed by atoms with Crippen molar-refractivity contribution in [1.29, 1.82) is 0 Å². The molecule has 0 unspecified atom stereocenters. The van der Waals surface area contributed by atoms with Gasteiger partial charge in [0.1, 0.15) is 5.75 Å². The van der Waals surface area contributed by atoms with E-state index < -0.39 is 0 Å². The molecule has 1 aliphatic rings. The standard InChI is InChI=1S/C11H14ClNO/c1-2-14-10-7-8(3-4-9(10)12)11(13)5-6-11/h3-4,7H,2,5-6,13H2,1H3. The first-order valence-corrected chi connectivity index (χ1v) is 5.25. The van der Waals surface area contributed by atoms with Gasteiger partial charge in [-0.2, -0.15) is 0 Å². The van der Waals surface area contributed by atoms with Crippen LogP contribution in [0, 0.1) is 0 Å². The molecule has 1 aromatic carbocycles. The number of rotatable bonds is 3. The predicted octanol–water partition coefficient (Wildman–Crippen LogP) is 2.69. The summed E-state index contributed by atoms with van der Waals surface area (Å²) in [5.74, 6) is 0.739. The molecule has 2 N–H and O–H groups in total. The van der Waals surface area contributed by atoms with E-state index in [4.69, 9.17) is 22.1 Å². The third-order valence-corrected chi connectivity index (χ3v) is 2.91. The summed E-state index contributed by atoms with van der Waals surface area (Å²) in [7, 11) is 0. The van der Waals surface area contributed by atoms with E-state index in [1.165, 1.54) is 0 Å². The van der Waals surface area contributed by atoms with Crippen LogP contribution in [0.4, 0.5) is 0 Å². The van der Waals surface area contributed by atoms with Crippen molar-refractivity contribution in [3.05, 3.63) is 28.8 Å². The maximum absolute atomic E-state index is 6.08. The van der Waals surface area contributed by atoms with Gasteiger partial charge in [0.15, 0.2) is 0 Å². The maximum Gasteiger partial charge on any atom is 0.138 e. The Balaban J connectivity index is 2.31. The first-order chi connectivity index (χ1) is 6.65. The molecule has 2 nitrogen and oxygen atoms in total. The Hall–Kier alpha value is -0.730. The molecule has 1 aromatic rings. The Morgan fingerprint density at radius 2 is 2.21 bits per heavy atom. The molecule has 0 radical (unpaired) electrons. The minimum absolute atomic E-state index is 0.115. The fraction of sp³-hybridized carbons (Fsp3) is 0.455. The Bertz CT molecular complexity index is 347. The second-order valence-corrected chi connectivity index (χ2v) is 4.14. The zero-order valence-electron chi connectivity index (χ0n) is 8.22. The highest BCUT2D eigenvalue weighted by atomic mass is 35.5. The lowest BCUT2D eigenvalue weighted by atomic mass is 10.1. The van der Waals surface area contributed by atoms with Gasteiger partial charge in [0.05, 0.1) is 11.6 Å². The van der Waals surface area contributed by atoms with Gasteiger partial charge in [-0.1, -0.05) is 17.7 Å². The second kappa shape index (κ2) is 3.44. The molecule has 1 aliphatic carbocycles. The van der Waals surface area contributed by atoms with Gasteiger partial charge >= 0.3 is 0 Å². The molecular weight excluding hydrogens is 198 g/mol. The van der Waals surface area contributed by atoms with E-state index in [1.807, 2.05) is 25.1 Å². The number of nitrogens with two attached hydrogens (primary N) is 1. The van der Waals surface area contributed by atoms with Crippen molar-refractivity contribution in [3.63, 3.8) is 0 Å². The molecule has 3 heteroatoms. The number of halogens is 1. The molecule has 2 rings (SSSR count). The van der Waals surface area contributed by atoms with Crippen LogP contribution >= 0.6 is 11.6 Å².